The molecule has 3 N–H and O–H groups in total. The van der Waals surface area contributed by atoms with Crippen LogP contribution in [0.2, 0.25) is 0 Å². The molecule has 0 aromatic heterocycles. The number of fused-ring (bicyclic) bond motifs is 3. The monoisotopic (exact) mass is 516 g/mol. The highest BCUT2D eigenvalue weighted by molar-refractivity contribution is 5.97. The molecule has 1 spiro atoms. The maximum absolute atomic E-state index is 14.1. The summed E-state index contributed by atoms with van der Waals surface area (Å²) in [6.45, 7) is 2.95. The van der Waals surface area contributed by atoms with Gasteiger partial charge in [0.05, 0.1) is 17.6 Å². The first-order valence-corrected chi connectivity index (χ1v) is 14.0. The number of ketones is 1. The molecule has 2 unspecified atom stereocenters. The van der Waals surface area contributed by atoms with Gasteiger partial charge in [0.2, 0.25) is 5.91 Å². The summed E-state index contributed by atoms with van der Waals surface area (Å²) in [5, 5.41) is 19.4. The number of carbonyl (C=O) groups is 2. The summed E-state index contributed by atoms with van der Waals surface area (Å²) < 4.78 is 6.42. The van der Waals surface area contributed by atoms with Crippen LogP contribution in [0.5, 0.6) is 0 Å². The first-order valence-electron chi connectivity index (χ1n) is 14.0. The lowest BCUT2D eigenvalue weighted by Gasteiger charge is -2.45. The van der Waals surface area contributed by atoms with E-state index >= 15 is 0 Å². The number of carbonyl (C=O) groups excluding carboxylic acids is 2. The zero-order valence-corrected chi connectivity index (χ0v) is 22.0. The van der Waals surface area contributed by atoms with Gasteiger partial charge in [-0.15, -0.1) is 0 Å². The Kier molecular flexibility index (Phi) is 6.19. The molecule has 6 rings (SSSR count). The molecule has 7 heteroatoms. The Balaban J connectivity index is 0.00000185. The fourth-order valence-corrected chi connectivity index (χ4v) is 6.98. The maximum atomic E-state index is 14.1. The van der Waals surface area contributed by atoms with Gasteiger partial charge < -0.3 is 15.4 Å². The molecule has 3 aliphatic carbocycles. The Morgan fingerprint density at radius 3 is 2.76 bits per heavy atom. The van der Waals surface area contributed by atoms with E-state index in [-0.39, 0.29) is 38.6 Å². The van der Waals surface area contributed by atoms with Crippen molar-refractivity contribution in [2.45, 2.75) is 87.4 Å². The quantitative estimate of drug-likeness (QED) is 0.539. The zero-order valence-electron chi connectivity index (χ0n) is 22.0. The predicted octanol–water partition coefficient (Wildman–Crippen LogP) is 4.32. The van der Waals surface area contributed by atoms with Gasteiger partial charge in [-0.1, -0.05) is 36.4 Å². The third kappa shape index (κ3) is 4.25. The van der Waals surface area contributed by atoms with E-state index in [1.54, 1.807) is 0 Å². The first-order chi connectivity index (χ1) is 18.3. The fraction of sp³-hybridized carbons (Fsp3) is 0.516. The number of rotatable bonds is 5. The minimum Gasteiger partial charge on any atom is -0.489 e. The van der Waals surface area contributed by atoms with E-state index in [9.17, 15) is 14.9 Å². The Labute approximate surface area is 227 Å². The van der Waals surface area contributed by atoms with Crippen molar-refractivity contribution in [3.63, 3.8) is 0 Å². The topological polar surface area (TPSA) is 103 Å². The summed E-state index contributed by atoms with van der Waals surface area (Å²) in [5.74, 6) is 0.453. The summed E-state index contributed by atoms with van der Waals surface area (Å²) in [6, 6.07) is 10.5. The highest BCUT2D eigenvalue weighted by atomic mass is 16.5. The van der Waals surface area contributed by atoms with E-state index in [1.165, 1.54) is 5.56 Å². The smallest absolute Gasteiger partial charge is 0.221 e. The molecule has 2 fully saturated rings. The number of dihydropyridines is 1. The minimum atomic E-state index is -0.737. The Morgan fingerprint density at radius 2 is 2.03 bits per heavy atom. The molecule has 2 aliphatic heterocycles. The van der Waals surface area contributed by atoms with Crippen LogP contribution in [0.25, 0.3) is 0 Å². The molecular formula is C31H40N4O3. The minimum absolute atomic E-state index is 0. The number of benzene rings is 1. The summed E-state index contributed by atoms with van der Waals surface area (Å²) in [7, 11) is 0. The number of Topliss-reactive ketones (excluding diaryl/α,β-unsaturated/α-hetero) is 1. The number of ether oxygens (including phenoxy) is 1. The van der Waals surface area contributed by atoms with Crippen LogP contribution < -0.4 is 16.0 Å². The second kappa shape index (κ2) is 9.43. The van der Waals surface area contributed by atoms with Crippen molar-refractivity contribution in [3.05, 3.63) is 71.2 Å². The van der Waals surface area contributed by atoms with Gasteiger partial charge in [-0.05, 0) is 81.1 Å². The van der Waals surface area contributed by atoms with Gasteiger partial charge in [-0.3, -0.25) is 14.9 Å². The van der Waals surface area contributed by atoms with Gasteiger partial charge in [-0.25, -0.2) is 0 Å². The van der Waals surface area contributed by atoms with E-state index in [1.807, 2.05) is 18.3 Å². The lowest BCUT2D eigenvalue weighted by atomic mass is 9.58. The van der Waals surface area contributed by atoms with Crippen molar-refractivity contribution < 1.29 is 17.2 Å². The summed E-state index contributed by atoms with van der Waals surface area (Å²) in [5.41, 5.74) is 1.85. The zero-order chi connectivity index (χ0) is 26.4. The van der Waals surface area contributed by atoms with Gasteiger partial charge >= 0.3 is 0 Å². The van der Waals surface area contributed by atoms with Crippen LogP contribution in [-0.2, 0) is 26.2 Å². The van der Waals surface area contributed by atoms with Crippen molar-refractivity contribution >= 4 is 11.7 Å². The van der Waals surface area contributed by atoms with Crippen LogP contribution >= 0.6 is 0 Å². The van der Waals surface area contributed by atoms with Crippen molar-refractivity contribution in [3.8, 4) is 6.07 Å². The molecule has 2 heterocycles. The second-order valence-corrected chi connectivity index (χ2v) is 11.8. The van der Waals surface area contributed by atoms with Gasteiger partial charge in [0.1, 0.15) is 22.7 Å². The standard InChI is InChI=1S/C31H36N4O3.2H2/c1-29-23(7-4-15-33-29)18-25(19-34-29)38-24-9-13-31(14-10-24)26-8-3-2-6-21(26)16-22(28(31)37)17-27(36)35-30(20-32)11-5-12-30;;/h2-4,6-8,18-19,22,24,33-34H,5,9-17H2,1H3,(H,35,36);2*1H. The van der Waals surface area contributed by atoms with Gasteiger partial charge in [0.25, 0.3) is 0 Å². The number of hydrogen-bond donors (Lipinski definition) is 3. The van der Waals surface area contributed by atoms with Crippen molar-refractivity contribution in [1.82, 2.24) is 16.0 Å². The molecule has 38 heavy (non-hydrogen) atoms. The van der Waals surface area contributed by atoms with Gasteiger partial charge in [-0.2, -0.15) is 5.26 Å². The lowest BCUT2D eigenvalue weighted by Crippen LogP contribution is -2.56. The van der Waals surface area contributed by atoms with Gasteiger partial charge in [0.15, 0.2) is 0 Å². The Bertz CT molecular complexity index is 1290. The normalized spacial score (nSPS) is 32.9. The molecule has 1 aromatic carbocycles. The van der Waals surface area contributed by atoms with E-state index in [0.717, 1.165) is 42.7 Å². The number of nitrogens with one attached hydrogen (secondary N) is 3. The Morgan fingerprint density at radius 1 is 1.24 bits per heavy atom. The molecule has 1 aromatic rings. The molecule has 7 nitrogen and oxygen atoms in total. The fourth-order valence-electron chi connectivity index (χ4n) is 6.98. The average Bonchev–Trinajstić information content (AvgIpc) is 2.90. The van der Waals surface area contributed by atoms with Crippen LogP contribution in [0, 0.1) is 17.2 Å². The number of nitrogens with zero attached hydrogens (tertiary/aromatic N) is 1. The SMILES string of the molecule is CC12NC=C(OC3CCC4(CC3)C(=O)C(CC(=O)NC3(C#N)CCC3)Cc3ccccc34)C=C1C=CCN2.[HH].[HH]. The number of nitriles is 1. The summed E-state index contributed by atoms with van der Waals surface area (Å²) in [4.78, 5) is 27.0. The Hall–Kier alpha value is -3.37. The highest BCUT2D eigenvalue weighted by Crippen LogP contribution is 2.48. The number of hydrogen-bond acceptors (Lipinski definition) is 6. The van der Waals surface area contributed by atoms with Crippen LogP contribution in [0.1, 0.15) is 72.3 Å². The molecule has 0 radical (unpaired) electrons. The van der Waals surface area contributed by atoms with E-state index < -0.39 is 11.0 Å². The van der Waals surface area contributed by atoms with Crippen molar-refractivity contribution in [1.29, 1.82) is 5.26 Å². The largest absolute Gasteiger partial charge is 0.489 e. The maximum Gasteiger partial charge on any atom is 0.221 e. The lowest BCUT2D eigenvalue weighted by molar-refractivity contribution is -0.136. The summed E-state index contributed by atoms with van der Waals surface area (Å²) in [6.07, 6.45) is 14.3. The molecule has 2 atom stereocenters. The molecule has 5 aliphatic rings. The van der Waals surface area contributed by atoms with Crippen LogP contribution in [0.4, 0.5) is 0 Å². The second-order valence-electron chi connectivity index (χ2n) is 11.8. The molecule has 1 amide bonds. The van der Waals surface area contributed by atoms with E-state index in [2.05, 4.69) is 59.3 Å². The molecule has 0 saturated heterocycles. The number of amides is 1. The van der Waals surface area contributed by atoms with E-state index in [4.69, 9.17) is 4.74 Å². The first kappa shape index (κ1) is 24.9. The molecule has 202 valence electrons. The van der Waals surface area contributed by atoms with Gasteiger partial charge in [0, 0.05) is 27.9 Å². The number of allylic oxidation sites excluding steroid dienone is 1. The van der Waals surface area contributed by atoms with E-state index in [0.29, 0.717) is 32.1 Å². The average molecular weight is 517 g/mol. The third-order valence-electron chi connectivity index (χ3n) is 9.41. The van der Waals surface area contributed by atoms with Crippen LogP contribution in [0.3, 0.4) is 0 Å². The molecule has 0 bridgehead atoms. The predicted molar refractivity (Wildman–Crippen MR) is 148 cm³/mol. The highest BCUT2D eigenvalue weighted by Gasteiger charge is 2.50. The van der Waals surface area contributed by atoms with Crippen molar-refractivity contribution in [2.75, 3.05) is 6.54 Å². The molecule has 2 saturated carbocycles. The van der Waals surface area contributed by atoms with Crippen LogP contribution in [0.15, 0.2) is 60.0 Å². The van der Waals surface area contributed by atoms with Crippen molar-refractivity contribution in [2.24, 2.45) is 5.92 Å². The van der Waals surface area contributed by atoms with Crippen LogP contribution in [-0.4, -0.2) is 35.5 Å². The molecular weight excluding hydrogens is 476 g/mol. The third-order valence-corrected chi connectivity index (χ3v) is 9.41. The summed E-state index contributed by atoms with van der Waals surface area (Å²) >= 11 is 0.